The largest absolute Gasteiger partial charge is 0.461 e. The molecule has 1 aliphatic carbocycles. The van der Waals surface area contributed by atoms with E-state index in [1.54, 1.807) is 48.7 Å². The summed E-state index contributed by atoms with van der Waals surface area (Å²) in [4.78, 5) is 24.0. The normalized spacial score (nSPS) is 14.7. The summed E-state index contributed by atoms with van der Waals surface area (Å²) in [5.41, 5.74) is 1.15. The molecule has 7 nitrogen and oxygen atoms in total. The predicted molar refractivity (Wildman–Crippen MR) is 94.5 cm³/mol. The molecule has 0 aliphatic heterocycles. The lowest BCUT2D eigenvalue weighted by molar-refractivity contribution is -0.118. The zero-order valence-corrected chi connectivity index (χ0v) is 14.1. The SMILES string of the molecule is CC(=O)Nc1cccc(NC(=O)C2(c3cc(-c4ccco4)on3)CC2)c1. The maximum atomic E-state index is 12.8. The second kappa shape index (κ2) is 6.18. The van der Waals surface area contributed by atoms with Crippen LogP contribution in [0.25, 0.3) is 11.5 Å². The number of aromatic nitrogens is 1. The number of furan rings is 1. The monoisotopic (exact) mass is 351 g/mol. The summed E-state index contributed by atoms with van der Waals surface area (Å²) in [6.45, 7) is 1.44. The van der Waals surface area contributed by atoms with E-state index in [9.17, 15) is 9.59 Å². The summed E-state index contributed by atoms with van der Waals surface area (Å²) in [7, 11) is 0. The number of benzene rings is 1. The Morgan fingerprint density at radius 2 is 1.81 bits per heavy atom. The quantitative estimate of drug-likeness (QED) is 0.732. The van der Waals surface area contributed by atoms with Gasteiger partial charge in [0.2, 0.25) is 17.6 Å². The van der Waals surface area contributed by atoms with Gasteiger partial charge in [-0.1, -0.05) is 11.2 Å². The van der Waals surface area contributed by atoms with Crippen LogP contribution < -0.4 is 10.6 Å². The Hall–Kier alpha value is -3.35. The van der Waals surface area contributed by atoms with Crippen LogP contribution in [0.1, 0.15) is 25.5 Å². The zero-order chi connectivity index (χ0) is 18.1. The van der Waals surface area contributed by atoms with Gasteiger partial charge in [-0.05, 0) is 43.2 Å². The van der Waals surface area contributed by atoms with Crippen LogP contribution in [0.15, 0.2) is 57.7 Å². The fourth-order valence-corrected chi connectivity index (χ4v) is 2.89. The standard InChI is InChI=1S/C19H17N3O4/c1-12(23)20-13-4-2-5-14(10-13)21-18(24)19(7-8-19)17-11-16(26-22-17)15-6-3-9-25-15/h2-6,9-11H,7-8H2,1H3,(H,20,23)(H,21,24). The van der Waals surface area contributed by atoms with Gasteiger partial charge in [-0.2, -0.15) is 0 Å². The predicted octanol–water partition coefficient (Wildman–Crippen LogP) is 3.56. The van der Waals surface area contributed by atoms with Gasteiger partial charge in [0, 0.05) is 24.4 Å². The third-order valence-corrected chi connectivity index (χ3v) is 4.39. The van der Waals surface area contributed by atoms with E-state index < -0.39 is 5.41 Å². The van der Waals surface area contributed by atoms with Crippen molar-refractivity contribution in [3.05, 3.63) is 54.4 Å². The lowest BCUT2D eigenvalue weighted by atomic mass is 10.0. The van der Waals surface area contributed by atoms with Gasteiger partial charge >= 0.3 is 0 Å². The first-order valence-electron chi connectivity index (χ1n) is 8.27. The molecule has 1 fully saturated rings. The van der Waals surface area contributed by atoms with Gasteiger partial charge in [0.05, 0.1) is 17.4 Å². The van der Waals surface area contributed by atoms with Gasteiger partial charge in [0.15, 0.2) is 5.76 Å². The number of carbonyl (C=O) groups is 2. The van der Waals surface area contributed by atoms with Crippen molar-refractivity contribution >= 4 is 23.2 Å². The third-order valence-electron chi connectivity index (χ3n) is 4.39. The molecule has 1 aliphatic rings. The highest BCUT2D eigenvalue weighted by molar-refractivity contribution is 6.01. The summed E-state index contributed by atoms with van der Waals surface area (Å²) in [5, 5.41) is 9.67. The summed E-state index contributed by atoms with van der Waals surface area (Å²) in [6, 6.07) is 12.3. The molecule has 2 amide bonds. The molecule has 0 atom stereocenters. The molecule has 1 aromatic carbocycles. The van der Waals surface area contributed by atoms with Crippen molar-refractivity contribution in [2.75, 3.05) is 10.6 Å². The lowest BCUT2D eigenvalue weighted by Crippen LogP contribution is -2.28. The first kappa shape index (κ1) is 16.1. The van der Waals surface area contributed by atoms with Crippen LogP contribution in [0.3, 0.4) is 0 Å². The molecule has 132 valence electrons. The Morgan fingerprint density at radius 3 is 2.46 bits per heavy atom. The molecule has 3 aromatic rings. The Labute approximate surface area is 149 Å². The molecule has 4 rings (SSSR count). The molecule has 0 spiro atoms. The number of nitrogens with zero attached hydrogens (tertiary/aromatic N) is 1. The van der Waals surface area contributed by atoms with Crippen molar-refractivity contribution in [1.82, 2.24) is 5.16 Å². The molecule has 2 N–H and O–H groups in total. The number of anilines is 2. The minimum absolute atomic E-state index is 0.142. The van der Waals surface area contributed by atoms with Gasteiger partial charge in [0.25, 0.3) is 0 Å². The average Bonchev–Trinajstić information content (AvgIpc) is 3.03. The number of amides is 2. The van der Waals surface area contributed by atoms with Gasteiger partial charge in [-0.25, -0.2) is 0 Å². The summed E-state index contributed by atoms with van der Waals surface area (Å²) >= 11 is 0. The van der Waals surface area contributed by atoms with Crippen molar-refractivity contribution < 1.29 is 18.5 Å². The molecule has 7 heteroatoms. The van der Waals surface area contributed by atoms with Crippen LogP contribution >= 0.6 is 0 Å². The van der Waals surface area contributed by atoms with E-state index in [1.165, 1.54) is 6.92 Å². The third kappa shape index (κ3) is 2.99. The molecule has 0 radical (unpaired) electrons. The van der Waals surface area contributed by atoms with Gasteiger partial charge < -0.3 is 19.6 Å². The molecule has 1 saturated carbocycles. The van der Waals surface area contributed by atoms with Gasteiger partial charge in [-0.3, -0.25) is 9.59 Å². The van der Waals surface area contributed by atoms with Crippen LogP contribution in [0, 0.1) is 0 Å². The van der Waals surface area contributed by atoms with Crippen LogP contribution in [-0.2, 0) is 15.0 Å². The Bertz CT molecular complexity index is 955. The van der Waals surface area contributed by atoms with E-state index in [4.69, 9.17) is 8.94 Å². The van der Waals surface area contributed by atoms with Crippen molar-refractivity contribution in [3.8, 4) is 11.5 Å². The highest BCUT2D eigenvalue weighted by Gasteiger charge is 2.54. The number of hydrogen-bond donors (Lipinski definition) is 2. The fourth-order valence-electron chi connectivity index (χ4n) is 2.89. The Kier molecular flexibility index (Phi) is 3.84. The first-order valence-corrected chi connectivity index (χ1v) is 8.27. The second-order valence-corrected chi connectivity index (χ2v) is 6.35. The molecular formula is C19H17N3O4. The molecule has 0 saturated heterocycles. The number of rotatable bonds is 5. The van der Waals surface area contributed by atoms with E-state index in [-0.39, 0.29) is 11.8 Å². The van der Waals surface area contributed by atoms with Crippen LogP contribution in [0.4, 0.5) is 11.4 Å². The molecule has 2 aromatic heterocycles. The highest BCUT2D eigenvalue weighted by Crippen LogP contribution is 2.49. The van der Waals surface area contributed by atoms with E-state index in [2.05, 4.69) is 15.8 Å². The minimum Gasteiger partial charge on any atom is -0.461 e. The van der Waals surface area contributed by atoms with Crippen LogP contribution in [0.2, 0.25) is 0 Å². The fraction of sp³-hybridized carbons (Fsp3) is 0.211. The molecular weight excluding hydrogens is 334 g/mol. The maximum Gasteiger partial charge on any atom is 0.236 e. The van der Waals surface area contributed by atoms with Crippen LogP contribution in [0.5, 0.6) is 0 Å². The van der Waals surface area contributed by atoms with E-state index in [0.29, 0.717) is 41.4 Å². The van der Waals surface area contributed by atoms with E-state index in [0.717, 1.165) is 0 Å². The maximum absolute atomic E-state index is 12.8. The van der Waals surface area contributed by atoms with Crippen molar-refractivity contribution in [1.29, 1.82) is 0 Å². The minimum atomic E-state index is -0.682. The highest BCUT2D eigenvalue weighted by atomic mass is 16.5. The Balaban J connectivity index is 1.52. The molecule has 26 heavy (non-hydrogen) atoms. The topological polar surface area (TPSA) is 97.4 Å². The second-order valence-electron chi connectivity index (χ2n) is 6.35. The van der Waals surface area contributed by atoms with E-state index in [1.807, 2.05) is 0 Å². The van der Waals surface area contributed by atoms with Gasteiger partial charge in [-0.15, -0.1) is 0 Å². The average molecular weight is 351 g/mol. The Morgan fingerprint density at radius 1 is 1.04 bits per heavy atom. The summed E-state index contributed by atoms with van der Waals surface area (Å²) in [5.74, 6) is 0.761. The van der Waals surface area contributed by atoms with Crippen molar-refractivity contribution in [3.63, 3.8) is 0 Å². The zero-order valence-electron chi connectivity index (χ0n) is 14.1. The lowest BCUT2D eigenvalue weighted by Gasteiger charge is -2.13. The molecule has 0 unspecified atom stereocenters. The van der Waals surface area contributed by atoms with Crippen LogP contribution in [-0.4, -0.2) is 17.0 Å². The first-order chi connectivity index (χ1) is 12.6. The number of carbonyl (C=O) groups excluding carboxylic acids is 2. The van der Waals surface area contributed by atoms with Gasteiger partial charge in [0.1, 0.15) is 0 Å². The number of nitrogens with one attached hydrogen (secondary N) is 2. The van der Waals surface area contributed by atoms with Crippen molar-refractivity contribution in [2.24, 2.45) is 0 Å². The summed E-state index contributed by atoms with van der Waals surface area (Å²) < 4.78 is 10.6. The number of hydrogen-bond acceptors (Lipinski definition) is 5. The van der Waals surface area contributed by atoms with Crippen molar-refractivity contribution in [2.45, 2.75) is 25.2 Å². The smallest absolute Gasteiger partial charge is 0.236 e. The molecule has 0 bridgehead atoms. The molecule has 2 heterocycles. The summed E-state index contributed by atoms with van der Waals surface area (Å²) in [6.07, 6.45) is 2.96. The van der Waals surface area contributed by atoms with E-state index >= 15 is 0 Å².